The predicted octanol–water partition coefficient (Wildman–Crippen LogP) is 1.88. The zero-order valence-corrected chi connectivity index (χ0v) is 9.10. The molecule has 16 heavy (non-hydrogen) atoms. The van der Waals surface area contributed by atoms with E-state index in [4.69, 9.17) is 4.74 Å². The van der Waals surface area contributed by atoms with Crippen LogP contribution in [0.2, 0.25) is 0 Å². The van der Waals surface area contributed by atoms with Gasteiger partial charge < -0.3 is 10.1 Å². The van der Waals surface area contributed by atoms with Gasteiger partial charge in [0.15, 0.2) is 5.75 Å². The molecular formula is C11H14N2O3. The number of rotatable bonds is 6. The Morgan fingerprint density at radius 2 is 2.38 bits per heavy atom. The van der Waals surface area contributed by atoms with Crippen LogP contribution >= 0.6 is 0 Å². The van der Waals surface area contributed by atoms with Gasteiger partial charge in [0.05, 0.1) is 4.92 Å². The average Bonchev–Trinajstić information content (AvgIpc) is 2.26. The van der Waals surface area contributed by atoms with Crippen LogP contribution in [0, 0.1) is 10.1 Å². The van der Waals surface area contributed by atoms with Gasteiger partial charge in [0.1, 0.15) is 6.61 Å². The van der Waals surface area contributed by atoms with Crippen molar-refractivity contribution in [2.75, 3.05) is 13.7 Å². The molecule has 1 N–H and O–H groups in total. The van der Waals surface area contributed by atoms with E-state index in [1.54, 1.807) is 18.2 Å². The molecule has 0 atom stereocenters. The second-order valence-electron chi connectivity index (χ2n) is 3.19. The fraction of sp³-hybridized carbons (Fsp3) is 0.273. The number of ether oxygens (including phenoxy) is 1. The van der Waals surface area contributed by atoms with E-state index in [0.29, 0.717) is 6.54 Å². The standard InChI is InChI=1S/C11H14N2O3/c1-3-6-16-11-7-9(8-12-2)4-5-10(11)13(14)15/h3-5,7,12H,1,6,8H2,2H3. The Kier molecular flexibility index (Phi) is 4.47. The van der Waals surface area contributed by atoms with E-state index in [2.05, 4.69) is 11.9 Å². The molecule has 0 spiro atoms. The van der Waals surface area contributed by atoms with Crippen LogP contribution in [0.3, 0.4) is 0 Å². The molecule has 0 amide bonds. The van der Waals surface area contributed by atoms with Crippen LogP contribution in [0.25, 0.3) is 0 Å². The number of benzene rings is 1. The fourth-order valence-electron chi connectivity index (χ4n) is 1.29. The van der Waals surface area contributed by atoms with E-state index in [0.717, 1.165) is 5.56 Å². The molecule has 0 fully saturated rings. The Balaban J connectivity index is 3.00. The third-order valence-electron chi connectivity index (χ3n) is 1.96. The minimum atomic E-state index is -0.457. The SMILES string of the molecule is C=CCOc1cc(CNC)ccc1[N+](=O)[O-]. The Hall–Kier alpha value is -1.88. The Bertz CT molecular complexity index is 391. The lowest BCUT2D eigenvalue weighted by Gasteiger charge is -2.06. The zero-order valence-electron chi connectivity index (χ0n) is 9.10. The molecule has 0 heterocycles. The van der Waals surface area contributed by atoms with Crippen molar-refractivity contribution in [2.24, 2.45) is 0 Å². The average molecular weight is 222 g/mol. The minimum absolute atomic E-state index is 0.0262. The largest absolute Gasteiger partial charge is 0.483 e. The van der Waals surface area contributed by atoms with Crippen molar-refractivity contribution < 1.29 is 9.66 Å². The topological polar surface area (TPSA) is 64.4 Å². The van der Waals surface area contributed by atoms with Crippen molar-refractivity contribution in [1.82, 2.24) is 5.32 Å². The molecule has 0 aromatic heterocycles. The molecule has 1 aromatic rings. The maximum atomic E-state index is 10.7. The van der Waals surface area contributed by atoms with Crippen LogP contribution in [0.5, 0.6) is 5.75 Å². The number of nitrogens with one attached hydrogen (secondary N) is 1. The number of nitro groups is 1. The highest BCUT2D eigenvalue weighted by Crippen LogP contribution is 2.27. The van der Waals surface area contributed by atoms with Crippen LogP contribution in [-0.2, 0) is 6.54 Å². The van der Waals surface area contributed by atoms with Crippen molar-refractivity contribution in [3.05, 3.63) is 46.5 Å². The molecule has 0 saturated heterocycles. The number of nitrogens with zero attached hydrogens (tertiary/aromatic N) is 1. The maximum absolute atomic E-state index is 10.7. The van der Waals surface area contributed by atoms with Gasteiger partial charge in [0.25, 0.3) is 0 Å². The highest BCUT2D eigenvalue weighted by Gasteiger charge is 2.14. The van der Waals surface area contributed by atoms with Crippen molar-refractivity contribution in [1.29, 1.82) is 0 Å². The van der Waals surface area contributed by atoms with E-state index < -0.39 is 4.92 Å². The summed E-state index contributed by atoms with van der Waals surface area (Å²) in [5.41, 5.74) is 0.911. The number of hydrogen-bond acceptors (Lipinski definition) is 4. The van der Waals surface area contributed by atoms with Crippen molar-refractivity contribution >= 4 is 5.69 Å². The van der Waals surface area contributed by atoms with Crippen LogP contribution in [0.4, 0.5) is 5.69 Å². The van der Waals surface area contributed by atoms with E-state index in [1.807, 2.05) is 7.05 Å². The molecule has 0 aliphatic rings. The summed E-state index contributed by atoms with van der Waals surface area (Å²) in [6, 6.07) is 4.82. The second-order valence-corrected chi connectivity index (χ2v) is 3.19. The maximum Gasteiger partial charge on any atom is 0.310 e. The first kappa shape index (κ1) is 12.2. The first-order chi connectivity index (χ1) is 7.69. The van der Waals surface area contributed by atoms with E-state index >= 15 is 0 Å². The molecule has 5 nitrogen and oxygen atoms in total. The summed E-state index contributed by atoms with van der Waals surface area (Å²) in [6.45, 7) is 4.40. The van der Waals surface area contributed by atoms with Gasteiger partial charge in [0.2, 0.25) is 0 Å². The predicted molar refractivity (Wildman–Crippen MR) is 61.6 cm³/mol. The molecule has 1 aromatic carbocycles. The Morgan fingerprint density at radius 1 is 1.62 bits per heavy atom. The van der Waals surface area contributed by atoms with Crippen molar-refractivity contribution in [2.45, 2.75) is 6.54 Å². The molecule has 0 saturated carbocycles. The van der Waals surface area contributed by atoms with Crippen molar-refractivity contribution in [3.8, 4) is 5.75 Å². The first-order valence-corrected chi connectivity index (χ1v) is 4.84. The van der Waals surface area contributed by atoms with Crippen LogP contribution in [-0.4, -0.2) is 18.6 Å². The van der Waals surface area contributed by atoms with Crippen LogP contribution in [0.1, 0.15) is 5.56 Å². The second kappa shape index (κ2) is 5.87. The number of nitro benzene ring substituents is 1. The summed E-state index contributed by atoms with van der Waals surface area (Å²) in [4.78, 5) is 10.3. The molecule has 1 rings (SSSR count). The van der Waals surface area contributed by atoms with Gasteiger partial charge in [-0.15, -0.1) is 0 Å². The molecule has 86 valence electrons. The molecule has 5 heteroatoms. The van der Waals surface area contributed by atoms with Gasteiger partial charge in [-0.3, -0.25) is 10.1 Å². The monoisotopic (exact) mass is 222 g/mol. The van der Waals surface area contributed by atoms with Gasteiger partial charge in [-0.2, -0.15) is 0 Å². The summed E-state index contributed by atoms with van der Waals surface area (Å²) in [5.74, 6) is 0.276. The Morgan fingerprint density at radius 3 is 2.94 bits per heavy atom. The Labute approximate surface area is 93.9 Å². The highest BCUT2D eigenvalue weighted by molar-refractivity contribution is 5.48. The quantitative estimate of drug-likeness (QED) is 0.453. The lowest BCUT2D eigenvalue weighted by atomic mass is 10.2. The highest BCUT2D eigenvalue weighted by atomic mass is 16.6. The smallest absolute Gasteiger partial charge is 0.310 e. The summed E-state index contributed by atoms with van der Waals surface area (Å²) in [5, 5.41) is 13.7. The van der Waals surface area contributed by atoms with E-state index in [1.165, 1.54) is 6.07 Å². The zero-order chi connectivity index (χ0) is 12.0. The van der Waals surface area contributed by atoms with Gasteiger partial charge in [-0.25, -0.2) is 0 Å². The summed E-state index contributed by atoms with van der Waals surface area (Å²) < 4.78 is 5.25. The van der Waals surface area contributed by atoms with E-state index in [-0.39, 0.29) is 18.0 Å². The molecule has 0 bridgehead atoms. The van der Waals surface area contributed by atoms with Gasteiger partial charge >= 0.3 is 5.69 Å². The fourth-order valence-corrected chi connectivity index (χ4v) is 1.29. The lowest BCUT2D eigenvalue weighted by Crippen LogP contribution is -2.06. The van der Waals surface area contributed by atoms with Gasteiger partial charge in [-0.05, 0) is 18.7 Å². The first-order valence-electron chi connectivity index (χ1n) is 4.84. The third kappa shape index (κ3) is 3.06. The van der Waals surface area contributed by atoms with Gasteiger partial charge in [0, 0.05) is 12.6 Å². The molecule has 0 aliphatic heterocycles. The van der Waals surface area contributed by atoms with E-state index in [9.17, 15) is 10.1 Å². The molecule has 0 unspecified atom stereocenters. The van der Waals surface area contributed by atoms with Gasteiger partial charge in [-0.1, -0.05) is 18.7 Å². The molecular weight excluding hydrogens is 208 g/mol. The molecule has 0 radical (unpaired) electrons. The summed E-state index contributed by atoms with van der Waals surface area (Å²) >= 11 is 0. The minimum Gasteiger partial charge on any atom is -0.483 e. The third-order valence-corrected chi connectivity index (χ3v) is 1.96. The lowest BCUT2D eigenvalue weighted by molar-refractivity contribution is -0.385. The number of hydrogen-bond donors (Lipinski definition) is 1. The summed E-state index contributed by atoms with van der Waals surface area (Å²) in [7, 11) is 1.81. The molecule has 0 aliphatic carbocycles. The summed E-state index contributed by atoms with van der Waals surface area (Å²) in [6.07, 6.45) is 1.55. The van der Waals surface area contributed by atoms with Crippen molar-refractivity contribution in [3.63, 3.8) is 0 Å². The van der Waals surface area contributed by atoms with Crippen LogP contribution < -0.4 is 10.1 Å². The van der Waals surface area contributed by atoms with Crippen LogP contribution in [0.15, 0.2) is 30.9 Å². The normalized spacial score (nSPS) is 9.81.